The maximum atomic E-state index is 11.8. The molecule has 22 heavy (non-hydrogen) atoms. The molecule has 4 nitrogen and oxygen atoms in total. The molecule has 0 unspecified atom stereocenters. The van der Waals surface area contributed by atoms with E-state index in [-0.39, 0.29) is 5.91 Å². The van der Waals surface area contributed by atoms with Crippen LogP contribution in [0.5, 0.6) is 11.5 Å². The largest absolute Gasteiger partial charge is 0.497 e. The first kappa shape index (κ1) is 17.0. The topological polar surface area (TPSA) is 47.6 Å². The Morgan fingerprint density at radius 1 is 1.18 bits per heavy atom. The van der Waals surface area contributed by atoms with Gasteiger partial charge in [0.2, 0.25) is 5.91 Å². The van der Waals surface area contributed by atoms with E-state index >= 15 is 0 Å². The first-order chi connectivity index (χ1) is 10.8. The van der Waals surface area contributed by atoms with E-state index in [1.54, 1.807) is 18.9 Å². The molecule has 0 radical (unpaired) electrons. The second-order valence-corrected chi connectivity index (χ2v) is 6.58. The lowest BCUT2D eigenvalue weighted by Crippen LogP contribution is -2.37. The van der Waals surface area contributed by atoms with Gasteiger partial charge in [-0.05, 0) is 37.1 Å². The molecule has 5 heteroatoms. The molecule has 2 rings (SSSR count). The van der Waals surface area contributed by atoms with E-state index in [9.17, 15) is 4.79 Å². The third kappa shape index (κ3) is 6.18. The molecule has 1 fully saturated rings. The Morgan fingerprint density at radius 2 is 1.86 bits per heavy atom. The molecule has 1 amide bonds. The van der Waals surface area contributed by atoms with Crippen molar-refractivity contribution in [1.29, 1.82) is 0 Å². The van der Waals surface area contributed by atoms with Crippen LogP contribution in [0.2, 0.25) is 0 Å². The number of thioether (sulfide) groups is 1. The van der Waals surface area contributed by atoms with Gasteiger partial charge < -0.3 is 14.8 Å². The number of rotatable bonds is 8. The van der Waals surface area contributed by atoms with Gasteiger partial charge in [-0.3, -0.25) is 4.79 Å². The lowest BCUT2D eigenvalue weighted by atomic mass is 9.95. The average molecular weight is 323 g/mol. The molecule has 0 aromatic heterocycles. The summed E-state index contributed by atoms with van der Waals surface area (Å²) < 4.78 is 10.7. The van der Waals surface area contributed by atoms with Crippen molar-refractivity contribution in [3.05, 3.63) is 24.3 Å². The van der Waals surface area contributed by atoms with Crippen LogP contribution >= 0.6 is 11.8 Å². The molecule has 0 bridgehead atoms. The van der Waals surface area contributed by atoms with Gasteiger partial charge in [0.05, 0.1) is 19.5 Å². The van der Waals surface area contributed by atoms with Crippen LogP contribution in [0.15, 0.2) is 24.3 Å². The Morgan fingerprint density at radius 3 is 2.55 bits per heavy atom. The van der Waals surface area contributed by atoms with E-state index < -0.39 is 0 Å². The van der Waals surface area contributed by atoms with E-state index in [1.807, 2.05) is 24.3 Å². The van der Waals surface area contributed by atoms with Gasteiger partial charge in [0, 0.05) is 11.8 Å². The molecular formula is C17H25NO3S. The van der Waals surface area contributed by atoms with E-state index in [2.05, 4.69) is 5.32 Å². The van der Waals surface area contributed by atoms with Gasteiger partial charge in [-0.15, -0.1) is 11.8 Å². The predicted molar refractivity (Wildman–Crippen MR) is 90.8 cm³/mol. The molecule has 0 spiro atoms. The van der Waals surface area contributed by atoms with Gasteiger partial charge in [0.1, 0.15) is 11.5 Å². The standard InChI is InChI=1S/C17H25NO3S/c1-20-15-7-9-16(10-8-15)21-11-12-22-13-17(19)18-14-5-3-2-4-6-14/h7-10,14H,2-6,11-13H2,1H3,(H,18,19). The van der Waals surface area contributed by atoms with Gasteiger partial charge in [0.25, 0.3) is 0 Å². The smallest absolute Gasteiger partial charge is 0.230 e. The maximum absolute atomic E-state index is 11.8. The van der Waals surface area contributed by atoms with Crippen molar-refractivity contribution >= 4 is 17.7 Å². The number of nitrogens with one attached hydrogen (secondary N) is 1. The van der Waals surface area contributed by atoms with Crippen molar-refractivity contribution in [2.45, 2.75) is 38.1 Å². The summed E-state index contributed by atoms with van der Waals surface area (Å²) in [5, 5.41) is 3.13. The van der Waals surface area contributed by atoms with Crippen molar-refractivity contribution in [1.82, 2.24) is 5.32 Å². The van der Waals surface area contributed by atoms with Crippen LogP contribution in [-0.4, -0.2) is 37.2 Å². The Labute approximate surface area is 137 Å². The second-order valence-electron chi connectivity index (χ2n) is 5.48. The number of methoxy groups -OCH3 is 1. The maximum Gasteiger partial charge on any atom is 0.230 e. The van der Waals surface area contributed by atoms with Crippen molar-refractivity contribution in [2.24, 2.45) is 0 Å². The van der Waals surface area contributed by atoms with Crippen LogP contribution in [0.4, 0.5) is 0 Å². The summed E-state index contributed by atoms with van der Waals surface area (Å²) >= 11 is 1.62. The minimum atomic E-state index is 0.154. The molecule has 0 saturated heterocycles. The van der Waals surface area contributed by atoms with Gasteiger partial charge in [-0.25, -0.2) is 0 Å². The third-order valence-electron chi connectivity index (χ3n) is 3.76. The fraction of sp³-hybridized carbons (Fsp3) is 0.588. The van der Waals surface area contributed by atoms with E-state index in [1.165, 1.54) is 19.3 Å². The van der Waals surface area contributed by atoms with Gasteiger partial charge in [0.15, 0.2) is 0 Å². The van der Waals surface area contributed by atoms with Crippen LogP contribution in [-0.2, 0) is 4.79 Å². The molecule has 1 saturated carbocycles. The molecule has 0 heterocycles. The minimum Gasteiger partial charge on any atom is -0.497 e. The number of amides is 1. The van der Waals surface area contributed by atoms with Crippen LogP contribution in [0.3, 0.4) is 0 Å². The molecule has 0 atom stereocenters. The Hall–Kier alpha value is -1.36. The quantitative estimate of drug-likeness (QED) is 0.746. The Bertz CT molecular complexity index is 444. The van der Waals surface area contributed by atoms with Crippen LogP contribution in [0.1, 0.15) is 32.1 Å². The molecular weight excluding hydrogens is 298 g/mol. The first-order valence-electron chi connectivity index (χ1n) is 7.92. The lowest BCUT2D eigenvalue weighted by molar-refractivity contribution is -0.119. The van der Waals surface area contributed by atoms with E-state index in [0.29, 0.717) is 18.4 Å². The molecule has 122 valence electrons. The zero-order chi connectivity index (χ0) is 15.6. The predicted octanol–water partition coefficient (Wildman–Crippen LogP) is 3.26. The molecule has 1 aliphatic carbocycles. The number of carbonyl (C=O) groups excluding carboxylic acids is 1. The summed E-state index contributed by atoms with van der Waals surface area (Å²) in [5.41, 5.74) is 0. The van der Waals surface area contributed by atoms with E-state index in [4.69, 9.17) is 9.47 Å². The minimum absolute atomic E-state index is 0.154. The van der Waals surface area contributed by atoms with Gasteiger partial charge in [-0.2, -0.15) is 0 Å². The highest BCUT2D eigenvalue weighted by atomic mass is 32.2. The fourth-order valence-corrected chi connectivity index (χ4v) is 3.19. The number of hydrogen-bond donors (Lipinski definition) is 1. The first-order valence-corrected chi connectivity index (χ1v) is 9.07. The number of ether oxygens (including phenoxy) is 2. The molecule has 1 aromatic rings. The molecule has 1 N–H and O–H groups in total. The number of benzene rings is 1. The highest BCUT2D eigenvalue weighted by molar-refractivity contribution is 7.99. The molecule has 0 aliphatic heterocycles. The summed E-state index contributed by atoms with van der Waals surface area (Å²) in [4.78, 5) is 11.8. The number of carbonyl (C=O) groups is 1. The van der Waals surface area contributed by atoms with Crippen molar-refractivity contribution in [3.63, 3.8) is 0 Å². The average Bonchev–Trinajstić information content (AvgIpc) is 2.56. The Balaban J connectivity index is 1.53. The Kier molecular flexibility index (Phi) is 7.43. The summed E-state index contributed by atoms with van der Waals surface area (Å²) in [7, 11) is 1.64. The zero-order valence-corrected chi connectivity index (χ0v) is 14.0. The third-order valence-corrected chi connectivity index (χ3v) is 4.68. The van der Waals surface area contributed by atoms with Crippen molar-refractivity contribution < 1.29 is 14.3 Å². The zero-order valence-electron chi connectivity index (χ0n) is 13.2. The van der Waals surface area contributed by atoms with Crippen molar-refractivity contribution in [3.8, 4) is 11.5 Å². The second kappa shape index (κ2) is 9.62. The molecule has 1 aromatic carbocycles. The summed E-state index contributed by atoms with van der Waals surface area (Å²) in [6, 6.07) is 7.93. The van der Waals surface area contributed by atoms with Crippen LogP contribution < -0.4 is 14.8 Å². The monoisotopic (exact) mass is 323 g/mol. The molecule has 1 aliphatic rings. The lowest BCUT2D eigenvalue weighted by Gasteiger charge is -2.22. The van der Waals surface area contributed by atoms with Crippen molar-refractivity contribution in [2.75, 3.05) is 25.2 Å². The summed E-state index contributed by atoms with van der Waals surface area (Å²) in [6.07, 6.45) is 6.07. The fourth-order valence-electron chi connectivity index (χ4n) is 2.57. The summed E-state index contributed by atoms with van der Waals surface area (Å²) in [6.45, 7) is 0.605. The van der Waals surface area contributed by atoms with Gasteiger partial charge in [-0.1, -0.05) is 19.3 Å². The normalized spacial score (nSPS) is 15.3. The SMILES string of the molecule is COc1ccc(OCCSCC(=O)NC2CCCCC2)cc1. The highest BCUT2D eigenvalue weighted by Crippen LogP contribution is 2.18. The highest BCUT2D eigenvalue weighted by Gasteiger charge is 2.15. The summed E-state index contributed by atoms with van der Waals surface area (Å²) in [5.74, 6) is 3.13. The number of hydrogen-bond acceptors (Lipinski definition) is 4. The van der Waals surface area contributed by atoms with Crippen LogP contribution in [0.25, 0.3) is 0 Å². The van der Waals surface area contributed by atoms with Gasteiger partial charge >= 0.3 is 0 Å². The van der Waals surface area contributed by atoms with Crippen LogP contribution in [0, 0.1) is 0 Å². The van der Waals surface area contributed by atoms with E-state index in [0.717, 1.165) is 30.1 Å².